The van der Waals surface area contributed by atoms with Gasteiger partial charge in [0.2, 0.25) is 5.91 Å². The number of carbonyl (C=O) groups excluding carboxylic acids is 1. The van der Waals surface area contributed by atoms with Crippen LogP contribution in [0.2, 0.25) is 0 Å². The first-order valence-corrected chi connectivity index (χ1v) is 3.94. The van der Waals surface area contributed by atoms with Crippen molar-refractivity contribution in [3.63, 3.8) is 0 Å². The molecule has 0 radical (unpaired) electrons. The summed E-state index contributed by atoms with van der Waals surface area (Å²) in [5.41, 5.74) is 3.29. The van der Waals surface area contributed by atoms with Gasteiger partial charge >= 0.3 is 0 Å². The fourth-order valence-electron chi connectivity index (χ4n) is 1.16. The van der Waals surface area contributed by atoms with E-state index in [2.05, 4.69) is 26.2 Å². The third-order valence-corrected chi connectivity index (χ3v) is 2.15. The Kier molecular flexibility index (Phi) is 1.92. The molecule has 11 heavy (non-hydrogen) atoms. The Hall–Kier alpha value is -0.570. The number of rotatable bonds is 0. The molecule has 3 nitrogen and oxygen atoms in total. The maximum absolute atomic E-state index is 11.1. The highest BCUT2D eigenvalue weighted by Crippen LogP contribution is 2.25. The van der Waals surface area contributed by atoms with Crippen molar-refractivity contribution in [2.24, 2.45) is 5.41 Å². The number of carbonyl (C=O) groups is 1. The van der Waals surface area contributed by atoms with Gasteiger partial charge in [-0.15, -0.1) is 0 Å². The Morgan fingerprint density at radius 3 is 2.27 bits per heavy atom. The van der Waals surface area contributed by atoms with E-state index in [1.807, 2.05) is 0 Å². The lowest BCUT2D eigenvalue weighted by Gasteiger charge is -2.26. The molecule has 1 unspecified atom stereocenters. The Morgan fingerprint density at radius 1 is 1.55 bits per heavy atom. The molecule has 0 aromatic carbocycles. The Bertz CT molecular complexity index is 171. The first-order valence-electron chi connectivity index (χ1n) is 3.94. The van der Waals surface area contributed by atoms with Gasteiger partial charge in [0.25, 0.3) is 0 Å². The van der Waals surface area contributed by atoms with E-state index in [0.717, 1.165) is 0 Å². The Morgan fingerprint density at radius 2 is 2.09 bits per heavy atom. The zero-order valence-corrected chi connectivity index (χ0v) is 7.64. The second-order valence-electron chi connectivity index (χ2n) is 4.20. The van der Waals surface area contributed by atoms with E-state index in [1.54, 1.807) is 12.1 Å². The summed E-state index contributed by atoms with van der Waals surface area (Å²) in [6.45, 7) is 6.41. The third kappa shape index (κ3) is 1.71. The van der Waals surface area contributed by atoms with Crippen molar-refractivity contribution < 1.29 is 4.79 Å². The zero-order chi connectivity index (χ0) is 8.65. The van der Waals surface area contributed by atoms with E-state index in [-0.39, 0.29) is 11.3 Å². The molecule has 0 aromatic rings. The van der Waals surface area contributed by atoms with E-state index in [9.17, 15) is 4.79 Å². The molecule has 1 aliphatic rings. The lowest BCUT2D eigenvalue weighted by Crippen LogP contribution is -2.40. The molecule has 1 atom stereocenters. The van der Waals surface area contributed by atoms with Gasteiger partial charge in [-0.25, -0.2) is 5.43 Å². The molecule has 0 saturated carbocycles. The molecule has 1 heterocycles. The van der Waals surface area contributed by atoms with Crippen LogP contribution in [0.15, 0.2) is 0 Å². The van der Waals surface area contributed by atoms with Crippen LogP contribution in [-0.2, 0) is 4.79 Å². The van der Waals surface area contributed by atoms with Crippen molar-refractivity contribution in [2.45, 2.75) is 33.2 Å². The van der Waals surface area contributed by atoms with Crippen LogP contribution < -0.4 is 5.43 Å². The predicted molar refractivity (Wildman–Crippen MR) is 43.8 cm³/mol. The molecule has 1 amide bonds. The summed E-state index contributed by atoms with van der Waals surface area (Å²) in [6.07, 6.45) is 0.625. The normalized spacial score (nSPS) is 26.4. The number of hydrogen-bond donors (Lipinski definition) is 1. The summed E-state index contributed by atoms with van der Waals surface area (Å²) in [5.74, 6) is 0.185. The number of hydrazine groups is 1. The van der Waals surface area contributed by atoms with Crippen LogP contribution in [0, 0.1) is 5.41 Å². The van der Waals surface area contributed by atoms with Crippen LogP contribution in [0.5, 0.6) is 0 Å². The lowest BCUT2D eigenvalue weighted by atomic mass is 9.86. The summed E-state index contributed by atoms with van der Waals surface area (Å²) >= 11 is 0. The number of nitrogens with one attached hydrogen (secondary N) is 1. The molecule has 0 aliphatic carbocycles. The minimum Gasteiger partial charge on any atom is -0.281 e. The second-order valence-corrected chi connectivity index (χ2v) is 4.20. The van der Waals surface area contributed by atoms with Gasteiger partial charge in [0.15, 0.2) is 0 Å². The van der Waals surface area contributed by atoms with Gasteiger partial charge in [-0.2, -0.15) is 0 Å². The van der Waals surface area contributed by atoms with Crippen molar-refractivity contribution in [1.82, 2.24) is 10.4 Å². The fraction of sp³-hybridized carbons (Fsp3) is 0.875. The van der Waals surface area contributed by atoms with E-state index >= 15 is 0 Å². The van der Waals surface area contributed by atoms with Crippen molar-refractivity contribution in [3.05, 3.63) is 0 Å². The molecule has 1 aliphatic heterocycles. The molecule has 1 fully saturated rings. The third-order valence-electron chi connectivity index (χ3n) is 2.15. The van der Waals surface area contributed by atoms with Crippen molar-refractivity contribution >= 4 is 5.91 Å². The lowest BCUT2D eigenvalue weighted by molar-refractivity contribution is -0.128. The van der Waals surface area contributed by atoms with Crippen molar-refractivity contribution in [2.75, 3.05) is 7.05 Å². The number of nitrogens with zero attached hydrogens (tertiary/aromatic N) is 1. The number of amides is 1. The first kappa shape index (κ1) is 8.53. The van der Waals surface area contributed by atoms with Crippen LogP contribution in [0.4, 0.5) is 0 Å². The van der Waals surface area contributed by atoms with Gasteiger partial charge in [-0.1, -0.05) is 20.8 Å². The second kappa shape index (κ2) is 2.48. The average molecular weight is 156 g/mol. The van der Waals surface area contributed by atoms with Gasteiger partial charge in [0.1, 0.15) is 0 Å². The van der Waals surface area contributed by atoms with E-state index in [4.69, 9.17) is 0 Å². The van der Waals surface area contributed by atoms with E-state index in [0.29, 0.717) is 12.5 Å². The maximum Gasteiger partial charge on any atom is 0.238 e. The Labute approximate surface area is 67.7 Å². The summed E-state index contributed by atoms with van der Waals surface area (Å²) < 4.78 is 0. The average Bonchev–Trinajstić information content (AvgIpc) is 2.11. The van der Waals surface area contributed by atoms with Crippen LogP contribution >= 0.6 is 0 Å². The van der Waals surface area contributed by atoms with Crippen LogP contribution in [0.25, 0.3) is 0 Å². The minimum atomic E-state index is 0.167. The maximum atomic E-state index is 11.1. The largest absolute Gasteiger partial charge is 0.281 e. The molecule has 3 heteroatoms. The zero-order valence-electron chi connectivity index (χ0n) is 7.64. The minimum absolute atomic E-state index is 0.167. The van der Waals surface area contributed by atoms with Gasteiger partial charge in [-0.05, 0) is 5.41 Å². The van der Waals surface area contributed by atoms with Crippen LogP contribution in [0.3, 0.4) is 0 Å². The molecule has 1 saturated heterocycles. The van der Waals surface area contributed by atoms with Crippen LogP contribution in [-0.4, -0.2) is 24.0 Å². The van der Waals surface area contributed by atoms with Gasteiger partial charge in [0.05, 0.1) is 0 Å². The molecule has 1 rings (SSSR count). The van der Waals surface area contributed by atoms with E-state index in [1.165, 1.54) is 0 Å². The molecule has 0 spiro atoms. The first-order chi connectivity index (χ1) is 4.91. The summed E-state index contributed by atoms with van der Waals surface area (Å²) in [6, 6.07) is 0.292. The molecule has 1 N–H and O–H groups in total. The highest BCUT2D eigenvalue weighted by molar-refractivity contribution is 5.78. The molecule has 0 aromatic heterocycles. The van der Waals surface area contributed by atoms with Crippen LogP contribution in [0.1, 0.15) is 27.2 Å². The quantitative estimate of drug-likeness (QED) is 0.562. The van der Waals surface area contributed by atoms with Gasteiger partial charge in [-0.3, -0.25) is 9.80 Å². The van der Waals surface area contributed by atoms with Crippen molar-refractivity contribution in [3.8, 4) is 0 Å². The smallest absolute Gasteiger partial charge is 0.238 e. The molecule has 64 valence electrons. The summed E-state index contributed by atoms with van der Waals surface area (Å²) in [4.78, 5) is 11.1. The number of hydrogen-bond acceptors (Lipinski definition) is 2. The fourth-order valence-corrected chi connectivity index (χ4v) is 1.16. The molecule has 0 bridgehead atoms. The monoisotopic (exact) mass is 156 g/mol. The SMILES string of the molecule is CN1NC(C(C)(C)C)CC1=O. The molecular formula is C8H16N2O. The Balaban J connectivity index is 2.61. The van der Waals surface area contributed by atoms with Gasteiger partial charge in [0, 0.05) is 19.5 Å². The predicted octanol–water partition coefficient (Wildman–Crippen LogP) is 0.768. The highest BCUT2D eigenvalue weighted by Gasteiger charge is 2.34. The van der Waals surface area contributed by atoms with E-state index < -0.39 is 0 Å². The van der Waals surface area contributed by atoms with Gasteiger partial charge < -0.3 is 0 Å². The highest BCUT2D eigenvalue weighted by atomic mass is 16.2. The topological polar surface area (TPSA) is 32.3 Å². The summed E-state index contributed by atoms with van der Waals surface area (Å²) in [7, 11) is 1.77. The van der Waals surface area contributed by atoms with Crippen molar-refractivity contribution in [1.29, 1.82) is 0 Å². The molecular weight excluding hydrogens is 140 g/mol. The summed E-state index contributed by atoms with van der Waals surface area (Å²) in [5, 5.41) is 1.58. The standard InChI is InChI=1S/C8H16N2O/c1-8(2,3)6-5-7(11)10(4)9-6/h6,9H,5H2,1-4H3.